The minimum Gasteiger partial charge on any atom is -0.494 e. The van der Waals surface area contributed by atoms with Crippen LogP contribution in [0.15, 0.2) is 58.7 Å². The molecule has 4 nitrogen and oxygen atoms in total. The Labute approximate surface area is 207 Å². The van der Waals surface area contributed by atoms with Gasteiger partial charge in [-0.15, -0.1) is 0 Å². The van der Waals surface area contributed by atoms with E-state index in [2.05, 4.69) is 24.1 Å². The molecule has 0 heterocycles. The van der Waals surface area contributed by atoms with Gasteiger partial charge in [0.05, 0.1) is 25.6 Å². The van der Waals surface area contributed by atoms with Gasteiger partial charge in [-0.2, -0.15) is 10.2 Å². The average Bonchev–Trinajstić information content (AvgIpc) is 2.87. The summed E-state index contributed by atoms with van der Waals surface area (Å²) in [7, 11) is 0. The van der Waals surface area contributed by atoms with E-state index in [1.165, 1.54) is 64.2 Å². The Morgan fingerprint density at radius 2 is 0.853 bits per heavy atom. The molecule has 2 aromatic carbocycles. The van der Waals surface area contributed by atoms with Crippen LogP contribution in [0.4, 0.5) is 0 Å². The van der Waals surface area contributed by atoms with E-state index in [-0.39, 0.29) is 0 Å². The smallest absolute Gasteiger partial charge is 0.119 e. The summed E-state index contributed by atoms with van der Waals surface area (Å²) in [5.74, 6) is 1.82. The molecular formula is C30H44N2O2. The van der Waals surface area contributed by atoms with E-state index in [0.29, 0.717) is 0 Å². The zero-order chi connectivity index (χ0) is 24.1. The number of ether oxygens (including phenoxy) is 2. The first-order valence-electron chi connectivity index (χ1n) is 13.3. The SMILES string of the molecule is CCCCCCCCOc1ccc(C=NN=Cc2ccc(OCCCCCCCC)cc2)cc1. The number of rotatable bonds is 19. The highest BCUT2D eigenvalue weighted by Gasteiger charge is 1.97. The fourth-order valence-electron chi connectivity index (χ4n) is 3.65. The molecule has 0 aromatic heterocycles. The molecule has 0 saturated heterocycles. The molecule has 0 aliphatic heterocycles. The average molecular weight is 465 g/mol. The van der Waals surface area contributed by atoms with Crippen molar-refractivity contribution in [1.29, 1.82) is 0 Å². The predicted molar refractivity (Wildman–Crippen MR) is 146 cm³/mol. The summed E-state index contributed by atoms with van der Waals surface area (Å²) in [5.41, 5.74) is 2.00. The van der Waals surface area contributed by atoms with Crippen molar-refractivity contribution in [2.75, 3.05) is 13.2 Å². The summed E-state index contributed by atoms with van der Waals surface area (Å²) in [4.78, 5) is 0. The van der Waals surface area contributed by atoms with Gasteiger partial charge in [-0.25, -0.2) is 0 Å². The van der Waals surface area contributed by atoms with Crippen LogP contribution in [0.3, 0.4) is 0 Å². The van der Waals surface area contributed by atoms with Gasteiger partial charge >= 0.3 is 0 Å². The molecule has 2 aromatic rings. The highest BCUT2D eigenvalue weighted by molar-refractivity contribution is 5.82. The van der Waals surface area contributed by atoms with Crippen molar-refractivity contribution in [2.45, 2.75) is 90.9 Å². The second-order valence-electron chi connectivity index (χ2n) is 8.86. The lowest BCUT2D eigenvalue weighted by Crippen LogP contribution is -1.97. The first-order chi connectivity index (χ1) is 16.8. The van der Waals surface area contributed by atoms with E-state index < -0.39 is 0 Å². The van der Waals surface area contributed by atoms with Crippen molar-refractivity contribution in [2.24, 2.45) is 10.2 Å². The highest BCUT2D eigenvalue weighted by Crippen LogP contribution is 2.14. The summed E-state index contributed by atoms with van der Waals surface area (Å²) >= 11 is 0. The molecule has 0 bridgehead atoms. The molecule has 0 aliphatic carbocycles. The van der Waals surface area contributed by atoms with Crippen molar-refractivity contribution in [1.82, 2.24) is 0 Å². The Hall–Kier alpha value is -2.62. The molecular weight excluding hydrogens is 420 g/mol. The van der Waals surface area contributed by atoms with Crippen LogP contribution >= 0.6 is 0 Å². The Bertz CT molecular complexity index is 728. The summed E-state index contributed by atoms with van der Waals surface area (Å²) in [6.07, 6.45) is 18.8. The lowest BCUT2D eigenvalue weighted by atomic mass is 10.1. The van der Waals surface area contributed by atoms with Crippen LogP contribution in [0.1, 0.15) is 102 Å². The predicted octanol–water partition coefficient (Wildman–Crippen LogP) is 8.62. The molecule has 34 heavy (non-hydrogen) atoms. The van der Waals surface area contributed by atoms with Gasteiger partial charge in [-0.3, -0.25) is 0 Å². The molecule has 0 spiro atoms. The molecule has 0 saturated carbocycles. The molecule has 4 heteroatoms. The normalized spacial score (nSPS) is 11.5. The maximum absolute atomic E-state index is 5.83. The van der Waals surface area contributed by atoms with E-state index >= 15 is 0 Å². The van der Waals surface area contributed by atoms with Crippen molar-refractivity contribution in [3.8, 4) is 11.5 Å². The Morgan fingerprint density at radius 3 is 1.24 bits per heavy atom. The fraction of sp³-hybridized carbons (Fsp3) is 0.533. The van der Waals surface area contributed by atoms with E-state index in [0.717, 1.165) is 48.7 Å². The zero-order valence-corrected chi connectivity index (χ0v) is 21.4. The lowest BCUT2D eigenvalue weighted by Gasteiger charge is -2.06. The summed E-state index contributed by atoms with van der Waals surface area (Å²) < 4.78 is 11.7. The zero-order valence-electron chi connectivity index (χ0n) is 21.4. The molecule has 0 N–H and O–H groups in total. The van der Waals surface area contributed by atoms with Gasteiger partial charge in [-0.05, 0) is 72.5 Å². The lowest BCUT2D eigenvalue weighted by molar-refractivity contribution is 0.304. The molecule has 186 valence electrons. The number of hydrogen-bond acceptors (Lipinski definition) is 4. The Kier molecular flexibility index (Phi) is 15.2. The molecule has 2 rings (SSSR count). The quantitative estimate of drug-likeness (QED) is 0.119. The second kappa shape index (κ2) is 18.8. The van der Waals surface area contributed by atoms with Crippen molar-refractivity contribution in [3.05, 3.63) is 59.7 Å². The minimum atomic E-state index is 0.784. The number of benzene rings is 2. The largest absolute Gasteiger partial charge is 0.494 e. The maximum atomic E-state index is 5.83. The topological polar surface area (TPSA) is 43.2 Å². The summed E-state index contributed by atoms with van der Waals surface area (Å²) in [6.45, 7) is 6.06. The van der Waals surface area contributed by atoms with Crippen LogP contribution in [-0.2, 0) is 0 Å². The molecule has 0 aliphatic rings. The summed E-state index contributed by atoms with van der Waals surface area (Å²) in [5, 5.41) is 8.33. The first-order valence-corrected chi connectivity index (χ1v) is 13.3. The third kappa shape index (κ3) is 13.2. The monoisotopic (exact) mass is 464 g/mol. The van der Waals surface area contributed by atoms with Gasteiger partial charge in [-0.1, -0.05) is 78.1 Å². The van der Waals surface area contributed by atoms with Gasteiger partial charge in [0.2, 0.25) is 0 Å². The number of unbranched alkanes of at least 4 members (excludes halogenated alkanes) is 10. The van der Waals surface area contributed by atoms with Crippen molar-refractivity contribution in [3.63, 3.8) is 0 Å². The fourth-order valence-corrected chi connectivity index (χ4v) is 3.65. The third-order valence-corrected chi connectivity index (χ3v) is 5.77. The molecule has 0 atom stereocenters. The Balaban J connectivity index is 1.62. The van der Waals surface area contributed by atoms with E-state index in [1.807, 2.05) is 48.5 Å². The number of hydrogen-bond donors (Lipinski definition) is 0. The first kappa shape index (κ1) is 27.6. The van der Waals surface area contributed by atoms with Gasteiger partial charge in [0.1, 0.15) is 11.5 Å². The van der Waals surface area contributed by atoms with E-state index in [1.54, 1.807) is 12.4 Å². The van der Waals surface area contributed by atoms with Crippen LogP contribution in [-0.4, -0.2) is 25.6 Å². The highest BCUT2D eigenvalue weighted by atomic mass is 16.5. The number of nitrogens with zero attached hydrogens (tertiary/aromatic N) is 2. The minimum absolute atomic E-state index is 0.784. The molecule has 0 fully saturated rings. The molecule has 0 radical (unpaired) electrons. The van der Waals surface area contributed by atoms with Crippen LogP contribution in [0.25, 0.3) is 0 Å². The van der Waals surface area contributed by atoms with Crippen molar-refractivity contribution < 1.29 is 9.47 Å². The van der Waals surface area contributed by atoms with Crippen LogP contribution in [0, 0.1) is 0 Å². The van der Waals surface area contributed by atoms with E-state index in [4.69, 9.17) is 9.47 Å². The summed E-state index contributed by atoms with van der Waals surface area (Å²) in [6, 6.07) is 16.0. The maximum Gasteiger partial charge on any atom is 0.119 e. The third-order valence-electron chi connectivity index (χ3n) is 5.77. The van der Waals surface area contributed by atoms with Crippen LogP contribution in [0.5, 0.6) is 11.5 Å². The standard InChI is InChI=1S/C30H44N2O2/c1-3-5-7-9-11-13-23-33-29-19-15-27(16-20-29)25-31-32-26-28-17-21-30(22-18-28)34-24-14-12-10-8-6-4-2/h15-22,25-26H,3-14,23-24H2,1-2H3. The van der Waals surface area contributed by atoms with Crippen LogP contribution < -0.4 is 9.47 Å². The van der Waals surface area contributed by atoms with Gasteiger partial charge in [0.15, 0.2) is 0 Å². The van der Waals surface area contributed by atoms with Gasteiger partial charge < -0.3 is 9.47 Å². The molecule has 0 amide bonds. The van der Waals surface area contributed by atoms with E-state index in [9.17, 15) is 0 Å². The molecule has 0 unspecified atom stereocenters. The second-order valence-corrected chi connectivity index (χ2v) is 8.86. The van der Waals surface area contributed by atoms with Crippen molar-refractivity contribution >= 4 is 12.4 Å². The van der Waals surface area contributed by atoms with Gasteiger partial charge in [0, 0.05) is 0 Å². The Morgan fingerprint density at radius 1 is 0.500 bits per heavy atom. The van der Waals surface area contributed by atoms with Crippen LogP contribution in [0.2, 0.25) is 0 Å². The van der Waals surface area contributed by atoms with Gasteiger partial charge in [0.25, 0.3) is 0 Å².